The molecule has 25 heavy (non-hydrogen) atoms. The Balaban J connectivity index is 2.02. The lowest BCUT2D eigenvalue weighted by Crippen LogP contribution is -2.41. The molecule has 3 N–H and O–H groups in total. The van der Waals surface area contributed by atoms with Gasteiger partial charge in [-0.05, 0) is 69.7 Å². The van der Waals surface area contributed by atoms with Gasteiger partial charge in [0, 0.05) is 35.7 Å². The minimum Gasteiger partial charge on any atom is -0.465 e. The molecule has 5 heteroatoms. The number of anilines is 3. The molecule has 0 aromatic heterocycles. The molecule has 134 valence electrons. The van der Waals surface area contributed by atoms with Crippen molar-refractivity contribution in [2.45, 2.75) is 39.8 Å². The number of rotatable bonds is 6. The van der Waals surface area contributed by atoms with Crippen LogP contribution in [-0.2, 0) is 6.54 Å². The van der Waals surface area contributed by atoms with Gasteiger partial charge in [-0.1, -0.05) is 12.1 Å². The fourth-order valence-electron chi connectivity index (χ4n) is 2.82. The van der Waals surface area contributed by atoms with Crippen LogP contribution in [0.4, 0.5) is 21.9 Å². The second kappa shape index (κ2) is 7.92. The van der Waals surface area contributed by atoms with Gasteiger partial charge < -0.3 is 20.6 Å². The van der Waals surface area contributed by atoms with Gasteiger partial charge in [0.05, 0.1) is 0 Å². The first-order valence-electron chi connectivity index (χ1n) is 8.50. The first-order chi connectivity index (χ1) is 11.8. The predicted molar refractivity (Wildman–Crippen MR) is 104 cm³/mol. The molecule has 0 unspecified atom stereocenters. The van der Waals surface area contributed by atoms with E-state index in [0.29, 0.717) is 6.54 Å². The van der Waals surface area contributed by atoms with Crippen LogP contribution in [0.2, 0.25) is 0 Å². The van der Waals surface area contributed by atoms with Crippen molar-refractivity contribution in [2.24, 2.45) is 0 Å². The lowest BCUT2D eigenvalue weighted by atomic mass is 10.0. The topological polar surface area (TPSA) is 64.6 Å². The van der Waals surface area contributed by atoms with E-state index in [2.05, 4.69) is 67.5 Å². The summed E-state index contributed by atoms with van der Waals surface area (Å²) in [5.41, 5.74) is 4.20. The lowest BCUT2D eigenvalue weighted by Gasteiger charge is -2.37. The van der Waals surface area contributed by atoms with E-state index in [-0.39, 0.29) is 5.54 Å². The van der Waals surface area contributed by atoms with Crippen molar-refractivity contribution >= 4 is 23.2 Å². The van der Waals surface area contributed by atoms with Crippen molar-refractivity contribution in [1.82, 2.24) is 5.32 Å². The molecule has 2 aromatic rings. The van der Waals surface area contributed by atoms with Crippen LogP contribution in [-0.4, -0.2) is 23.3 Å². The van der Waals surface area contributed by atoms with Gasteiger partial charge in [0.1, 0.15) is 0 Å². The molecule has 0 spiro atoms. The van der Waals surface area contributed by atoms with E-state index in [9.17, 15) is 4.79 Å². The minimum atomic E-state index is -1.02. The van der Waals surface area contributed by atoms with E-state index in [1.54, 1.807) is 0 Å². The monoisotopic (exact) mass is 341 g/mol. The number of carbonyl (C=O) groups is 1. The molecule has 0 saturated carbocycles. The van der Waals surface area contributed by atoms with Crippen molar-refractivity contribution < 1.29 is 9.90 Å². The molecular formula is C20H27N3O2. The number of hydrogen-bond acceptors (Lipinski definition) is 3. The summed E-state index contributed by atoms with van der Waals surface area (Å²) < 4.78 is 0. The third-order valence-electron chi connectivity index (χ3n) is 3.99. The van der Waals surface area contributed by atoms with E-state index in [4.69, 9.17) is 5.11 Å². The van der Waals surface area contributed by atoms with Gasteiger partial charge in [0.2, 0.25) is 0 Å². The summed E-state index contributed by atoms with van der Waals surface area (Å²) in [7, 11) is 0. The summed E-state index contributed by atoms with van der Waals surface area (Å²) in [6.45, 7) is 10.1. The standard InChI is InChI=1S/C20H27N3O2/c1-5-23(20(2,3)4)18-12-10-17(11-13-18)22-16-8-6-15(7-9-16)14-21-19(24)25/h6-13,21-22H,5,14H2,1-4H3,(H,24,25). The van der Waals surface area contributed by atoms with E-state index >= 15 is 0 Å². The van der Waals surface area contributed by atoms with Gasteiger partial charge in [-0.3, -0.25) is 0 Å². The van der Waals surface area contributed by atoms with Gasteiger partial charge >= 0.3 is 6.09 Å². The average molecular weight is 341 g/mol. The molecule has 0 bridgehead atoms. The maximum absolute atomic E-state index is 10.5. The van der Waals surface area contributed by atoms with E-state index in [1.165, 1.54) is 5.69 Å². The van der Waals surface area contributed by atoms with Crippen LogP contribution >= 0.6 is 0 Å². The number of amides is 1. The highest BCUT2D eigenvalue weighted by Gasteiger charge is 2.19. The molecular weight excluding hydrogens is 314 g/mol. The second-order valence-electron chi connectivity index (χ2n) is 6.94. The number of nitrogens with zero attached hydrogens (tertiary/aromatic N) is 1. The average Bonchev–Trinajstić information content (AvgIpc) is 2.55. The van der Waals surface area contributed by atoms with Crippen LogP contribution in [0.1, 0.15) is 33.3 Å². The predicted octanol–water partition coefficient (Wildman–Crippen LogP) is 4.82. The number of nitrogens with one attached hydrogen (secondary N) is 2. The van der Waals surface area contributed by atoms with Gasteiger partial charge in [-0.2, -0.15) is 0 Å². The summed E-state index contributed by atoms with van der Waals surface area (Å²) in [5.74, 6) is 0. The molecule has 0 aliphatic heterocycles. The van der Waals surface area contributed by atoms with Crippen LogP contribution in [0.25, 0.3) is 0 Å². The van der Waals surface area contributed by atoms with Crippen molar-refractivity contribution in [2.75, 3.05) is 16.8 Å². The largest absolute Gasteiger partial charge is 0.465 e. The van der Waals surface area contributed by atoms with Crippen molar-refractivity contribution in [3.63, 3.8) is 0 Å². The molecule has 0 aliphatic rings. The first-order valence-corrected chi connectivity index (χ1v) is 8.50. The zero-order valence-corrected chi connectivity index (χ0v) is 15.3. The molecule has 0 radical (unpaired) electrons. The maximum atomic E-state index is 10.5. The molecule has 0 aliphatic carbocycles. The molecule has 0 atom stereocenters. The normalized spacial score (nSPS) is 11.0. The van der Waals surface area contributed by atoms with Crippen LogP contribution in [0.3, 0.4) is 0 Å². The number of benzene rings is 2. The fraction of sp³-hybridized carbons (Fsp3) is 0.350. The summed E-state index contributed by atoms with van der Waals surface area (Å²) in [5, 5.41) is 14.3. The Hall–Kier alpha value is -2.69. The summed E-state index contributed by atoms with van der Waals surface area (Å²) in [6, 6.07) is 16.1. The Bertz CT molecular complexity index is 688. The van der Waals surface area contributed by atoms with Crippen LogP contribution < -0.4 is 15.5 Å². The molecule has 5 nitrogen and oxygen atoms in total. The maximum Gasteiger partial charge on any atom is 0.404 e. The van der Waals surface area contributed by atoms with Crippen molar-refractivity contribution in [3.05, 3.63) is 54.1 Å². The smallest absolute Gasteiger partial charge is 0.404 e. The Morgan fingerprint density at radius 1 is 1.00 bits per heavy atom. The number of carboxylic acid groups (broad SMARTS) is 1. The molecule has 0 heterocycles. The molecule has 1 amide bonds. The Morgan fingerprint density at radius 3 is 1.96 bits per heavy atom. The lowest BCUT2D eigenvalue weighted by molar-refractivity contribution is 0.194. The molecule has 0 saturated heterocycles. The minimum absolute atomic E-state index is 0.0868. The molecule has 0 fully saturated rings. The fourth-order valence-corrected chi connectivity index (χ4v) is 2.82. The van der Waals surface area contributed by atoms with E-state index in [1.807, 2.05) is 24.3 Å². The zero-order chi connectivity index (χ0) is 18.4. The third-order valence-corrected chi connectivity index (χ3v) is 3.99. The Labute approximate surface area is 149 Å². The van der Waals surface area contributed by atoms with Crippen molar-refractivity contribution in [1.29, 1.82) is 0 Å². The highest BCUT2D eigenvalue weighted by molar-refractivity contribution is 5.65. The van der Waals surface area contributed by atoms with Crippen LogP contribution in [0, 0.1) is 0 Å². The third kappa shape index (κ3) is 5.41. The van der Waals surface area contributed by atoms with Gasteiger partial charge in [0.15, 0.2) is 0 Å². The molecule has 2 rings (SSSR count). The summed E-state index contributed by atoms with van der Waals surface area (Å²) >= 11 is 0. The quantitative estimate of drug-likeness (QED) is 0.704. The SMILES string of the molecule is CCN(c1ccc(Nc2ccc(CNC(=O)O)cc2)cc1)C(C)(C)C. The van der Waals surface area contributed by atoms with Crippen LogP contribution in [0.5, 0.6) is 0 Å². The van der Waals surface area contributed by atoms with E-state index in [0.717, 1.165) is 23.5 Å². The van der Waals surface area contributed by atoms with Gasteiger partial charge in [-0.15, -0.1) is 0 Å². The second-order valence-corrected chi connectivity index (χ2v) is 6.94. The Morgan fingerprint density at radius 2 is 1.52 bits per heavy atom. The van der Waals surface area contributed by atoms with Gasteiger partial charge in [-0.25, -0.2) is 4.79 Å². The highest BCUT2D eigenvalue weighted by Crippen LogP contribution is 2.26. The Kier molecular flexibility index (Phi) is 5.91. The molecule has 2 aromatic carbocycles. The first kappa shape index (κ1) is 18.6. The highest BCUT2D eigenvalue weighted by atomic mass is 16.4. The van der Waals surface area contributed by atoms with Crippen LogP contribution in [0.15, 0.2) is 48.5 Å². The number of hydrogen-bond donors (Lipinski definition) is 3. The van der Waals surface area contributed by atoms with E-state index < -0.39 is 6.09 Å². The van der Waals surface area contributed by atoms with Gasteiger partial charge in [0.25, 0.3) is 0 Å². The summed E-state index contributed by atoms with van der Waals surface area (Å²) in [4.78, 5) is 12.9. The van der Waals surface area contributed by atoms with Crippen molar-refractivity contribution in [3.8, 4) is 0 Å². The zero-order valence-electron chi connectivity index (χ0n) is 15.3. The summed E-state index contributed by atoms with van der Waals surface area (Å²) in [6.07, 6.45) is -1.02.